The standard InChI is InChI=1S/C18H17N3O/c1-18(15-8-3-2-4-9-15)12-14(17(22)20-21-19)11-13-7-5-6-10-16(13)18/h2-10,14H,11-12H2,1H3/t14-,18-/m1/s1. The molecule has 0 aromatic heterocycles. The molecule has 110 valence electrons. The molecule has 0 saturated carbocycles. The number of rotatable bonds is 2. The van der Waals surface area contributed by atoms with Gasteiger partial charge in [0.05, 0.1) is 0 Å². The Bertz CT molecular complexity index is 750. The van der Waals surface area contributed by atoms with E-state index in [1.54, 1.807) is 0 Å². The molecular weight excluding hydrogens is 274 g/mol. The lowest BCUT2D eigenvalue weighted by atomic mass is 9.64. The van der Waals surface area contributed by atoms with Crippen LogP contribution in [-0.4, -0.2) is 5.91 Å². The van der Waals surface area contributed by atoms with Crippen LogP contribution < -0.4 is 0 Å². The van der Waals surface area contributed by atoms with E-state index in [1.807, 2.05) is 30.3 Å². The lowest BCUT2D eigenvalue weighted by Crippen LogP contribution is -2.36. The van der Waals surface area contributed by atoms with Crippen molar-refractivity contribution in [3.8, 4) is 0 Å². The Morgan fingerprint density at radius 3 is 2.59 bits per heavy atom. The van der Waals surface area contributed by atoms with Crippen LogP contribution in [0.1, 0.15) is 30.0 Å². The van der Waals surface area contributed by atoms with Crippen molar-refractivity contribution in [1.82, 2.24) is 0 Å². The molecule has 1 aliphatic rings. The zero-order valence-corrected chi connectivity index (χ0v) is 12.4. The number of fused-ring (bicyclic) bond motifs is 1. The first-order valence-corrected chi connectivity index (χ1v) is 7.38. The van der Waals surface area contributed by atoms with Crippen LogP contribution >= 0.6 is 0 Å². The smallest absolute Gasteiger partial charge is 0.222 e. The molecule has 0 bridgehead atoms. The van der Waals surface area contributed by atoms with Crippen LogP contribution in [0.15, 0.2) is 59.7 Å². The van der Waals surface area contributed by atoms with Gasteiger partial charge in [0.15, 0.2) is 0 Å². The summed E-state index contributed by atoms with van der Waals surface area (Å²) in [7, 11) is 0. The van der Waals surface area contributed by atoms with E-state index in [0.29, 0.717) is 12.8 Å². The summed E-state index contributed by atoms with van der Waals surface area (Å²) in [5, 5.41) is 3.32. The first kappa shape index (κ1) is 14.4. The molecule has 1 amide bonds. The van der Waals surface area contributed by atoms with Gasteiger partial charge in [0.25, 0.3) is 0 Å². The summed E-state index contributed by atoms with van der Waals surface area (Å²) in [6.45, 7) is 2.16. The van der Waals surface area contributed by atoms with Gasteiger partial charge in [-0.3, -0.25) is 4.79 Å². The second kappa shape index (κ2) is 5.66. The van der Waals surface area contributed by atoms with Crippen LogP contribution in [0.4, 0.5) is 0 Å². The Balaban J connectivity index is 2.12. The van der Waals surface area contributed by atoms with Crippen LogP contribution in [0.3, 0.4) is 0 Å². The molecule has 0 fully saturated rings. The predicted octanol–water partition coefficient (Wildman–Crippen LogP) is 4.39. The number of carbonyl (C=O) groups is 1. The van der Waals surface area contributed by atoms with E-state index in [4.69, 9.17) is 5.53 Å². The molecule has 0 heterocycles. The normalized spacial score (nSPS) is 23.2. The number of carbonyl (C=O) groups excluding carboxylic acids is 1. The molecule has 2 aromatic carbocycles. The van der Waals surface area contributed by atoms with E-state index < -0.39 is 0 Å². The average Bonchev–Trinajstić information content (AvgIpc) is 2.56. The first-order valence-electron chi connectivity index (χ1n) is 7.38. The van der Waals surface area contributed by atoms with Crippen molar-refractivity contribution in [1.29, 1.82) is 0 Å². The monoisotopic (exact) mass is 291 g/mol. The highest BCUT2D eigenvalue weighted by Gasteiger charge is 2.39. The predicted molar refractivity (Wildman–Crippen MR) is 85.3 cm³/mol. The minimum Gasteiger partial charge on any atom is -0.292 e. The number of amides is 1. The fraction of sp³-hybridized carbons (Fsp3) is 0.278. The third-order valence-electron chi connectivity index (χ3n) is 4.64. The second-order valence-corrected chi connectivity index (χ2v) is 5.99. The highest BCUT2D eigenvalue weighted by molar-refractivity contribution is 5.80. The minimum absolute atomic E-state index is 0.249. The Morgan fingerprint density at radius 1 is 1.18 bits per heavy atom. The molecule has 4 nitrogen and oxygen atoms in total. The molecule has 0 aliphatic heterocycles. The molecule has 1 aliphatic carbocycles. The van der Waals surface area contributed by atoms with E-state index >= 15 is 0 Å². The van der Waals surface area contributed by atoms with Gasteiger partial charge < -0.3 is 0 Å². The molecule has 0 saturated heterocycles. The lowest BCUT2D eigenvalue weighted by Gasteiger charge is -2.39. The van der Waals surface area contributed by atoms with Crippen LogP contribution in [0.5, 0.6) is 0 Å². The molecule has 0 spiro atoms. The first-order chi connectivity index (χ1) is 10.6. The third-order valence-corrected chi connectivity index (χ3v) is 4.64. The van der Waals surface area contributed by atoms with Crippen LogP contribution in [0.25, 0.3) is 10.4 Å². The topological polar surface area (TPSA) is 65.8 Å². The summed E-state index contributed by atoms with van der Waals surface area (Å²) in [4.78, 5) is 14.8. The van der Waals surface area contributed by atoms with Crippen molar-refractivity contribution in [2.45, 2.75) is 25.2 Å². The summed E-state index contributed by atoms with van der Waals surface area (Å²) in [6, 6.07) is 18.4. The van der Waals surface area contributed by atoms with Gasteiger partial charge in [-0.05, 0) is 40.2 Å². The second-order valence-electron chi connectivity index (χ2n) is 5.99. The molecule has 22 heavy (non-hydrogen) atoms. The molecule has 2 atom stereocenters. The molecule has 0 unspecified atom stereocenters. The highest BCUT2D eigenvalue weighted by Crippen LogP contribution is 2.44. The van der Waals surface area contributed by atoms with Crippen LogP contribution in [0, 0.1) is 5.92 Å². The van der Waals surface area contributed by atoms with Crippen molar-refractivity contribution in [3.63, 3.8) is 0 Å². The number of hydrogen-bond donors (Lipinski definition) is 0. The van der Waals surface area contributed by atoms with Gasteiger partial charge in [0, 0.05) is 16.2 Å². The van der Waals surface area contributed by atoms with Crippen molar-refractivity contribution in [3.05, 3.63) is 81.7 Å². The summed E-state index contributed by atoms with van der Waals surface area (Å²) < 4.78 is 0. The maximum Gasteiger partial charge on any atom is 0.222 e. The van der Waals surface area contributed by atoms with Gasteiger partial charge in [-0.1, -0.05) is 61.5 Å². The fourth-order valence-electron chi connectivity index (χ4n) is 3.56. The minimum atomic E-state index is -0.362. The van der Waals surface area contributed by atoms with Crippen LogP contribution in [0.2, 0.25) is 0 Å². The number of benzene rings is 2. The van der Waals surface area contributed by atoms with Crippen molar-refractivity contribution in [2.24, 2.45) is 11.0 Å². The van der Waals surface area contributed by atoms with Crippen LogP contribution in [-0.2, 0) is 16.6 Å². The number of hydrogen-bond acceptors (Lipinski definition) is 1. The van der Waals surface area contributed by atoms with Gasteiger partial charge in [-0.25, -0.2) is 0 Å². The summed E-state index contributed by atoms with van der Waals surface area (Å²) in [5.74, 6) is -0.629. The number of nitrogens with zero attached hydrogens (tertiary/aromatic N) is 3. The van der Waals surface area contributed by atoms with Gasteiger partial charge in [0.2, 0.25) is 5.91 Å². The lowest BCUT2D eigenvalue weighted by molar-refractivity contribution is -0.122. The Morgan fingerprint density at radius 2 is 1.86 bits per heavy atom. The quantitative estimate of drug-likeness (QED) is 0.459. The van der Waals surface area contributed by atoms with E-state index in [1.165, 1.54) is 11.1 Å². The zero-order chi connectivity index (χ0) is 15.6. The van der Waals surface area contributed by atoms with Crippen molar-refractivity contribution in [2.75, 3.05) is 0 Å². The zero-order valence-electron chi connectivity index (χ0n) is 12.4. The maximum atomic E-state index is 12.1. The van der Waals surface area contributed by atoms with E-state index in [2.05, 4.69) is 41.2 Å². The molecule has 0 radical (unpaired) electrons. The van der Waals surface area contributed by atoms with Gasteiger partial charge >= 0.3 is 0 Å². The molecule has 3 rings (SSSR count). The van der Waals surface area contributed by atoms with Crippen molar-refractivity contribution < 1.29 is 4.79 Å². The van der Waals surface area contributed by atoms with Gasteiger partial charge in [-0.15, -0.1) is 0 Å². The molecule has 4 heteroatoms. The molecular formula is C18H17N3O. The molecule has 2 aromatic rings. The maximum absolute atomic E-state index is 12.1. The van der Waals surface area contributed by atoms with E-state index in [-0.39, 0.29) is 17.2 Å². The highest BCUT2D eigenvalue weighted by atomic mass is 16.1. The SMILES string of the molecule is C[C@]1(c2ccccc2)C[C@H](C(=O)N=[N+]=[N-])Cc2ccccc21. The van der Waals surface area contributed by atoms with E-state index in [0.717, 1.165) is 5.56 Å². The summed E-state index contributed by atoms with van der Waals surface area (Å²) >= 11 is 0. The number of azide groups is 1. The van der Waals surface area contributed by atoms with Gasteiger partial charge in [-0.2, -0.15) is 0 Å². The Kier molecular flexibility index (Phi) is 3.70. The largest absolute Gasteiger partial charge is 0.292 e. The summed E-state index contributed by atoms with van der Waals surface area (Å²) in [6.07, 6.45) is 1.29. The van der Waals surface area contributed by atoms with E-state index in [9.17, 15) is 4.79 Å². The average molecular weight is 291 g/mol. The van der Waals surface area contributed by atoms with Gasteiger partial charge in [0.1, 0.15) is 0 Å². The Labute approximate surface area is 129 Å². The fourth-order valence-corrected chi connectivity index (χ4v) is 3.56. The molecule has 0 N–H and O–H groups in total. The van der Waals surface area contributed by atoms with Crippen molar-refractivity contribution >= 4 is 5.91 Å². The summed E-state index contributed by atoms with van der Waals surface area (Å²) in [5.41, 5.74) is 11.9. The third kappa shape index (κ3) is 2.38. The Hall–Kier alpha value is -2.58.